The van der Waals surface area contributed by atoms with E-state index in [9.17, 15) is 4.79 Å². The summed E-state index contributed by atoms with van der Waals surface area (Å²) in [5.74, 6) is -0.112. The Balaban J connectivity index is 2.70. The van der Waals surface area contributed by atoms with Crippen LogP contribution in [0.4, 0.5) is 0 Å². The lowest BCUT2D eigenvalue weighted by Gasteiger charge is -2.33. The van der Waals surface area contributed by atoms with Crippen LogP contribution in [0.1, 0.15) is 40.5 Å². The predicted molar refractivity (Wildman–Crippen MR) is 58.6 cm³/mol. The van der Waals surface area contributed by atoms with Gasteiger partial charge in [-0.05, 0) is 25.2 Å². The molecular weight excluding hydrogens is 192 g/mol. The summed E-state index contributed by atoms with van der Waals surface area (Å²) >= 11 is 0. The smallest absolute Gasteiger partial charge is 0.311 e. The third kappa shape index (κ3) is 2.71. The Morgan fingerprint density at radius 1 is 1.47 bits per heavy atom. The highest BCUT2D eigenvalue weighted by molar-refractivity contribution is 5.76. The Hall–Kier alpha value is -0.570. The first-order chi connectivity index (χ1) is 6.85. The molecule has 0 radical (unpaired) electrons. The number of methoxy groups -OCH3 is 1. The Kier molecular flexibility index (Phi) is 3.44. The third-order valence-electron chi connectivity index (χ3n) is 3.51. The molecule has 0 aromatic rings. The van der Waals surface area contributed by atoms with E-state index in [0.717, 1.165) is 19.4 Å². The number of carbonyl (C=O) groups excluding carboxylic acids is 1. The Morgan fingerprint density at radius 3 is 2.33 bits per heavy atom. The van der Waals surface area contributed by atoms with Gasteiger partial charge in [0.2, 0.25) is 0 Å². The van der Waals surface area contributed by atoms with Crippen LogP contribution in [0.3, 0.4) is 0 Å². The molecule has 2 unspecified atom stereocenters. The van der Waals surface area contributed by atoms with Crippen LogP contribution < -0.4 is 0 Å². The summed E-state index contributed by atoms with van der Waals surface area (Å²) in [6.45, 7) is 9.14. The summed E-state index contributed by atoms with van der Waals surface area (Å²) in [5, 5.41) is 0. The fourth-order valence-corrected chi connectivity index (χ4v) is 2.21. The normalized spacial score (nSPS) is 24.5. The first-order valence-corrected chi connectivity index (χ1v) is 5.56. The maximum Gasteiger partial charge on any atom is 0.311 e. The van der Waals surface area contributed by atoms with Crippen LogP contribution in [0.15, 0.2) is 0 Å². The zero-order valence-corrected chi connectivity index (χ0v) is 10.4. The van der Waals surface area contributed by atoms with Crippen molar-refractivity contribution in [1.82, 2.24) is 0 Å². The minimum absolute atomic E-state index is 0.0545. The van der Waals surface area contributed by atoms with Gasteiger partial charge in [-0.15, -0.1) is 0 Å². The molecule has 1 heterocycles. The van der Waals surface area contributed by atoms with Crippen molar-refractivity contribution in [2.24, 2.45) is 10.8 Å². The minimum atomic E-state index is -0.385. The van der Waals surface area contributed by atoms with Crippen LogP contribution in [0.5, 0.6) is 0 Å². The molecule has 0 saturated carbocycles. The molecule has 0 aliphatic carbocycles. The lowest BCUT2D eigenvalue weighted by atomic mass is 9.71. The maximum atomic E-state index is 11.7. The average Bonchev–Trinajstić information content (AvgIpc) is 2.98. The second kappa shape index (κ2) is 4.12. The van der Waals surface area contributed by atoms with Crippen LogP contribution >= 0.6 is 0 Å². The lowest BCUT2D eigenvalue weighted by Crippen LogP contribution is -2.36. The van der Waals surface area contributed by atoms with E-state index in [4.69, 9.17) is 9.47 Å². The zero-order chi connectivity index (χ0) is 11.7. The second-order valence-corrected chi connectivity index (χ2v) is 5.39. The van der Waals surface area contributed by atoms with E-state index in [1.807, 2.05) is 13.8 Å². The van der Waals surface area contributed by atoms with Crippen LogP contribution in [0.2, 0.25) is 0 Å². The highest BCUT2D eigenvalue weighted by Gasteiger charge is 2.46. The number of epoxide rings is 1. The number of hydrogen-bond acceptors (Lipinski definition) is 3. The molecule has 0 aromatic heterocycles. The molecule has 15 heavy (non-hydrogen) atoms. The molecule has 88 valence electrons. The number of carbonyl (C=O) groups is 1. The van der Waals surface area contributed by atoms with Crippen molar-refractivity contribution in [1.29, 1.82) is 0 Å². The van der Waals surface area contributed by atoms with Crippen molar-refractivity contribution in [3.63, 3.8) is 0 Å². The molecule has 0 amide bonds. The quantitative estimate of drug-likeness (QED) is 0.521. The van der Waals surface area contributed by atoms with E-state index in [1.165, 1.54) is 7.11 Å². The van der Waals surface area contributed by atoms with E-state index >= 15 is 0 Å². The van der Waals surface area contributed by atoms with Crippen molar-refractivity contribution in [3.05, 3.63) is 0 Å². The van der Waals surface area contributed by atoms with E-state index < -0.39 is 0 Å². The first-order valence-electron chi connectivity index (χ1n) is 5.56. The maximum absolute atomic E-state index is 11.7. The standard InChI is InChI=1S/C12H22O3/c1-6-12(4,10(13)14-5)8-11(2,3)9-7-15-9/h9H,6-8H2,1-5H3. The summed E-state index contributed by atoms with van der Waals surface area (Å²) in [4.78, 5) is 11.7. The number of hydrogen-bond donors (Lipinski definition) is 0. The van der Waals surface area contributed by atoms with Gasteiger partial charge < -0.3 is 9.47 Å². The lowest BCUT2D eigenvalue weighted by molar-refractivity contribution is -0.154. The molecule has 1 aliphatic rings. The molecule has 0 bridgehead atoms. The molecule has 1 rings (SSSR count). The van der Waals surface area contributed by atoms with Crippen molar-refractivity contribution in [2.75, 3.05) is 13.7 Å². The van der Waals surface area contributed by atoms with Gasteiger partial charge in [-0.25, -0.2) is 0 Å². The zero-order valence-electron chi connectivity index (χ0n) is 10.4. The summed E-state index contributed by atoms with van der Waals surface area (Å²) in [6, 6.07) is 0. The molecular formula is C12H22O3. The monoisotopic (exact) mass is 214 g/mol. The minimum Gasteiger partial charge on any atom is -0.469 e. The van der Waals surface area contributed by atoms with Gasteiger partial charge >= 0.3 is 5.97 Å². The molecule has 0 spiro atoms. The molecule has 3 heteroatoms. The van der Waals surface area contributed by atoms with Gasteiger partial charge in [0.05, 0.1) is 25.2 Å². The number of rotatable bonds is 5. The average molecular weight is 214 g/mol. The van der Waals surface area contributed by atoms with E-state index in [0.29, 0.717) is 6.10 Å². The largest absolute Gasteiger partial charge is 0.469 e. The molecule has 2 atom stereocenters. The first kappa shape index (κ1) is 12.5. The molecule has 3 nitrogen and oxygen atoms in total. The SMILES string of the molecule is CCC(C)(CC(C)(C)C1CO1)C(=O)OC. The highest BCUT2D eigenvalue weighted by Crippen LogP contribution is 2.43. The Bertz CT molecular complexity index is 243. The molecule has 0 N–H and O–H groups in total. The topological polar surface area (TPSA) is 38.8 Å². The number of ether oxygens (including phenoxy) is 2. The summed E-state index contributed by atoms with van der Waals surface area (Å²) in [7, 11) is 1.46. The Labute approximate surface area is 92.1 Å². The third-order valence-corrected chi connectivity index (χ3v) is 3.51. The van der Waals surface area contributed by atoms with Gasteiger partial charge in [-0.1, -0.05) is 20.8 Å². The van der Waals surface area contributed by atoms with Crippen molar-refractivity contribution >= 4 is 5.97 Å². The highest BCUT2D eigenvalue weighted by atomic mass is 16.6. The fourth-order valence-electron chi connectivity index (χ4n) is 2.21. The van der Waals surface area contributed by atoms with Gasteiger partial charge in [-0.2, -0.15) is 0 Å². The molecule has 1 aliphatic heterocycles. The van der Waals surface area contributed by atoms with Crippen molar-refractivity contribution < 1.29 is 14.3 Å². The van der Waals surface area contributed by atoms with Gasteiger partial charge in [0.1, 0.15) is 0 Å². The van der Waals surface area contributed by atoms with Gasteiger partial charge in [-0.3, -0.25) is 4.79 Å². The molecule has 1 fully saturated rings. The van der Waals surface area contributed by atoms with Crippen molar-refractivity contribution in [2.45, 2.75) is 46.6 Å². The van der Waals surface area contributed by atoms with Crippen molar-refractivity contribution in [3.8, 4) is 0 Å². The van der Waals surface area contributed by atoms with Crippen LogP contribution in [0, 0.1) is 10.8 Å². The van der Waals surface area contributed by atoms with E-state index in [1.54, 1.807) is 0 Å². The van der Waals surface area contributed by atoms with E-state index in [-0.39, 0.29) is 16.8 Å². The van der Waals surface area contributed by atoms with Gasteiger partial charge in [0.25, 0.3) is 0 Å². The van der Waals surface area contributed by atoms with Gasteiger partial charge in [0, 0.05) is 0 Å². The molecule has 1 saturated heterocycles. The summed E-state index contributed by atoms with van der Waals surface area (Å²) in [6.07, 6.45) is 1.93. The summed E-state index contributed by atoms with van der Waals surface area (Å²) in [5.41, 5.74) is -0.330. The fraction of sp³-hybridized carbons (Fsp3) is 0.917. The van der Waals surface area contributed by atoms with Crippen LogP contribution in [-0.2, 0) is 14.3 Å². The predicted octanol–water partition coefficient (Wildman–Crippen LogP) is 2.39. The van der Waals surface area contributed by atoms with Gasteiger partial charge in [0.15, 0.2) is 0 Å². The summed E-state index contributed by atoms with van der Waals surface area (Å²) < 4.78 is 10.2. The molecule has 0 aromatic carbocycles. The van der Waals surface area contributed by atoms with Crippen LogP contribution in [-0.4, -0.2) is 25.8 Å². The number of esters is 1. The van der Waals surface area contributed by atoms with E-state index in [2.05, 4.69) is 13.8 Å². The van der Waals surface area contributed by atoms with Crippen LogP contribution in [0.25, 0.3) is 0 Å². The Morgan fingerprint density at radius 2 is 2.00 bits per heavy atom. The second-order valence-electron chi connectivity index (χ2n) is 5.39.